The fourth-order valence-corrected chi connectivity index (χ4v) is 2.30. The molecule has 4 nitrogen and oxygen atoms in total. The topological polar surface area (TPSA) is 53.7 Å². The van der Waals surface area contributed by atoms with Crippen LogP contribution in [-0.4, -0.2) is 35.1 Å². The maximum atomic E-state index is 12.0. The SMILES string of the molecule is O=C(c1ccoc1Br)N1CCCC1CO. The fraction of sp³-hybridized carbons (Fsp3) is 0.500. The molecule has 82 valence electrons. The van der Waals surface area contributed by atoms with Crippen molar-refractivity contribution in [2.75, 3.05) is 13.2 Å². The molecular formula is C10H12BrNO3. The molecule has 1 amide bonds. The zero-order valence-corrected chi connectivity index (χ0v) is 9.74. The van der Waals surface area contributed by atoms with Gasteiger partial charge in [-0.3, -0.25) is 4.79 Å². The molecule has 1 fully saturated rings. The Balaban J connectivity index is 2.18. The Bertz CT molecular complexity index is 363. The third kappa shape index (κ3) is 1.94. The number of aliphatic hydroxyl groups excluding tert-OH is 1. The van der Waals surface area contributed by atoms with Gasteiger partial charge >= 0.3 is 0 Å². The summed E-state index contributed by atoms with van der Waals surface area (Å²) in [4.78, 5) is 13.7. The summed E-state index contributed by atoms with van der Waals surface area (Å²) in [5.41, 5.74) is 0.523. The Morgan fingerprint density at radius 3 is 3.13 bits per heavy atom. The van der Waals surface area contributed by atoms with Gasteiger partial charge in [-0.05, 0) is 34.8 Å². The molecule has 5 heteroatoms. The van der Waals surface area contributed by atoms with Crippen molar-refractivity contribution in [2.45, 2.75) is 18.9 Å². The number of aliphatic hydroxyl groups is 1. The Labute approximate surface area is 96.0 Å². The first-order valence-electron chi connectivity index (χ1n) is 4.89. The van der Waals surface area contributed by atoms with Gasteiger partial charge in [0.1, 0.15) is 0 Å². The van der Waals surface area contributed by atoms with E-state index in [0.29, 0.717) is 16.8 Å². The van der Waals surface area contributed by atoms with Crippen LogP contribution in [0.3, 0.4) is 0 Å². The van der Waals surface area contributed by atoms with Crippen LogP contribution in [-0.2, 0) is 0 Å². The molecule has 0 saturated carbocycles. The van der Waals surface area contributed by atoms with E-state index in [4.69, 9.17) is 9.52 Å². The van der Waals surface area contributed by atoms with Gasteiger partial charge in [0.15, 0.2) is 4.67 Å². The van der Waals surface area contributed by atoms with E-state index < -0.39 is 0 Å². The number of carbonyl (C=O) groups excluding carboxylic acids is 1. The van der Waals surface area contributed by atoms with Gasteiger partial charge in [-0.1, -0.05) is 0 Å². The molecule has 1 saturated heterocycles. The average molecular weight is 274 g/mol. The van der Waals surface area contributed by atoms with Crippen molar-refractivity contribution in [3.63, 3.8) is 0 Å². The second-order valence-corrected chi connectivity index (χ2v) is 4.31. The molecule has 0 bridgehead atoms. The van der Waals surface area contributed by atoms with Crippen LogP contribution in [0.15, 0.2) is 21.4 Å². The third-order valence-electron chi connectivity index (χ3n) is 2.70. The van der Waals surface area contributed by atoms with Crippen molar-refractivity contribution in [2.24, 2.45) is 0 Å². The molecule has 1 aromatic heterocycles. The van der Waals surface area contributed by atoms with Crippen molar-refractivity contribution in [1.82, 2.24) is 4.90 Å². The number of hydrogen-bond acceptors (Lipinski definition) is 3. The first-order chi connectivity index (χ1) is 7.24. The molecule has 15 heavy (non-hydrogen) atoms. The fourth-order valence-electron chi connectivity index (χ4n) is 1.89. The van der Waals surface area contributed by atoms with Crippen LogP contribution in [0.25, 0.3) is 0 Å². The highest BCUT2D eigenvalue weighted by molar-refractivity contribution is 9.10. The van der Waals surface area contributed by atoms with E-state index in [0.717, 1.165) is 12.8 Å². The van der Waals surface area contributed by atoms with E-state index in [1.165, 1.54) is 6.26 Å². The van der Waals surface area contributed by atoms with E-state index in [1.54, 1.807) is 11.0 Å². The summed E-state index contributed by atoms with van der Waals surface area (Å²) in [5.74, 6) is -0.0767. The second-order valence-electron chi connectivity index (χ2n) is 3.59. The highest BCUT2D eigenvalue weighted by Crippen LogP contribution is 2.24. The first kappa shape index (κ1) is 10.7. The van der Waals surface area contributed by atoms with E-state index >= 15 is 0 Å². The van der Waals surface area contributed by atoms with Crippen molar-refractivity contribution in [3.05, 3.63) is 22.6 Å². The molecule has 1 aliphatic rings. The predicted octanol–water partition coefficient (Wildman–Crippen LogP) is 1.64. The zero-order valence-electron chi connectivity index (χ0n) is 8.15. The molecule has 2 rings (SSSR count). The summed E-state index contributed by atoms with van der Waals surface area (Å²) in [5, 5.41) is 9.12. The molecule has 1 aromatic rings. The van der Waals surface area contributed by atoms with Crippen LogP contribution >= 0.6 is 15.9 Å². The smallest absolute Gasteiger partial charge is 0.258 e. The van der Waals surface area contributed by atoms with E-state index in [-0.39, 0.29) is 18.6 Å². The van der Waals surface area contributed by atoms with Crippen LogP contribution in [0.2, 0.25) is 0 Å². The molecule has 1 unspecified atom stereocenters. The molecule has 1 aliphatic heterocycles. The Hall–Kier alpha value is -0.810. The van der Waals surface area contributed by atoms with Gasteiger partial charge in [-0.2, -0.15) is 0 Å². The molecule has 0 radical (unpaired) electrons. The highest BCUT2D eigenvalue weighted by atomic mass is 79.9. The summed E-state index contributed by atoms with van der Waals surface area (Å²) in [6.45, 7) is 0.739. The first-order valence-corrected chi connectivity index (χ1v) is 5.68. The monoisotopic (exact) mass is 273 g/mol. The molecule has 0 aliphatic carbocycles. The number of hydrogen-bond donors (Lipinski definition) is 1. The van der Waals surface area contributed by atoms with Gasteiger partial charge in [-0.25, -0.2) is 0 Å². The Morgan fingerprint density at radius 1 is 1.73 bits per heavy atom. The predicted molar refractivity (Wildman–Crippen MR) is 57.6 cm³/mol. The number of amides is 1. The highest BCUT2D eigenvalue weighted by Gasteiger charge is 2.30. The van der Waals surface area contributed by atoms with Gasteiger partial charge in [0.25, 0.3) is 5.91 Å². The number of carbonyl (C=O) groups is 1. The maximum Gasteiger partial charge on any atom is 0.258 e. The van der Waals surface area contributed by atoms with Gasteiger partial charge < -0.3 is 14.4 Å². The zero-order chi connectivity index (χ0) is 10.8. The van der Waals surface area contributed by atoms with Crippen LogP contribution in [0.4, 0.5) is 0 Å². The summed E-state index contributed by atoms with van der Waals surface area (Å²) in [6, 6.07) is 1.60. The number of furan rings is 1. The minimum Gasteiger partial charge on any atom is -0.457 e. The van der Waals surface area contributed by atoms with Crippen molar-refractivity contribution in [3.8, 4) is 0 Å². The van der Waals surface area contributed by atoms with Crippen molar-refractivity contribution in [1.29, 1.82) is 0 Å². The standard InChI is InChI=1S/C10H12BrNO3/c11-9-8(3-5-15-9)10(14)12-4-1-2-7(12)6-13/h3,5,7,13H,1-2,4,6H2. The maximum absolute atomic E-state index is 12.0. The lowest BCUT2D eigenvalue weighted by Crippen LogP contribution is -2.37. The Morgan fingerprint density at radius 2 is 2.53 bits per heavy atom. The molecular weight excluding hydrogens is 262 g/mol. The van der Waals surface area contributed by atoms with Crippen LogP contribution < -0.4 is 0 Å². The minimum atomic E-state index is -0.0767. The lowest BCUT2D eigenvalue weighted by Gasteiger charge is -2.22. The molecule has 2 heterocycles. The van der Waals surface area contributed by atoms with Crippen LogP contribution in [0.5, 0.6) is 0 Å². The van der Waals surface area contributed by atoms with E-state index in [2.05, 4.69) is 15.9 Å². The normalized spacial score (nSPS) is 20.9. The summed E-state index contributed by atoms with van der Waals surface area (Å²) >= 11 is 3.18. The summed E-state index contributed by atoms with van der Waals surface area (Å²) < 4.78 is 5.48. The summed E-state index contributed by atoms with van der Waals surface area (Å²) in [6.07, 6.45) is 3.30. The molecule has 1 atom stereocenters. The van der Waals surface area contributed by atoms with E-state index in [1.807, 2.05) is 0 Å². The van der Waals surface area contributed by atoms with Crippen LogP contribution in [0, 0.1) is 0 Å². The third-order valence-corrected chi connectivity index (χ3v) is 3.31. The van der Waals surface area contributed by atoms with Crippen molar-refractivity contribution < 1.29 is 14.3 Å². The summed E-state index contributed by atoms with van der Waals surface area (Å²) in [7, 11) is 0. The lowest BCUT2D eigenvalue weighted by atomic mass is 10.2. The number of nitrogens with zero attached hydrogens (tertiary/aromatic N) is 1. The van der Waals surface area contributed by atoms with Crippen molar-refractivity contribution >= 4 is 21.8 Å². The number of halogens is 1. The average Bonchev–Trinajstić information content (AvgIpc) is 2.84. The number of likely N-dealkylation sites (tertiary alicyclic amines) is 1. The minimum absolute atomic E-state index is 0.0290. The second kappa shape index (κ2) is 4.37. The van der Waals surface area contributed by atoms with Gasteiger partial charge in [0.05, 0.1) is 24.5 Å². The molecule has 0 spiro atoms. The molecule has 0 aromatic carbocycles. The lowest BCUT2D eigenvalue weighted by molar-refractivity contribution is 0.0675. The van der Waals surface area contributed by atoms with Gasteiger partial charge in [0.2, 0.25) is 0 Å². The quantitative estimate of drug-likeness (QED) is 0.892. The van der Waals surface area contributed by atoms with Crippen LogP contribution in [0.1, 0.15) is 23.2 Å². The van der Waals surface area contributed by atoms with Gasteiger partial charge in [0, 0.05) is 6.54 Å². The molecule has 1 N–H and O–H groups in total. The van der Waals surface area contributed by atoms with E-state index in [9.17, 15) is 4.79 Å². The van der Waals surface area contributed by atoms with Gasteiger partial charge in [-0.15, -0.1) is 0 Å². The number of rotatable bonds is 2. The Kier molecular flexibility index (Phi) is 3.11. The largest absolute Gasteiger partial charge is 0.457 e.